The molecule has 0 spiro atoms. The summed E-state index contributed by atoms with van der Waals surface area (Å²) >= 11 is 0. The third-order valence-electron chi connectivity index (χ3n) is 3.73. The molecule has 0 aromatic carbocycles. The lowest BCUT2D eigenvalue weighted by molar-refractivity contribution is 0.202. The van der Waals surface area contributed by atoms with Gasteiger partial charge in [-0.05, 0) is 24.8 Å². The molecule has 5 heteroatoms. The zero-order valence-electron chi connectivity index (χ0n) is 10.8. The molecule has 3 heterocycles. The summed E-state index contributed by atoms with van der Waals surface area (Å²) in [6, 6.07) is 2.01. The van der Waals surface area contributed by atoms with Gasteiger partial charge in [-0.2, -0.15) is 0 Å². The Morgan fingerprint density at radius 2 is 1.95 bits per heavy atom. The van der Waals surface area contributed by atoms with Gasteiger partial charge in [0.25, 0.3) is 0 Å². The lowest BCUT2D eigenvalue weighted by Crippen LogP contribution is -2.35. The molecule has 1 fully saturated rings. The molecule has 1 aliphatic heterocycles. The third-order valence-corrected chi connectivity index (χ3v) is 3.73. The van der Waals surface area contributed by atoms with Crippen molar-refractivity contribution in [3.05, 3.63) is 30.9 Å². The predicted octanol–water partition coefficient (Wildman–Crippen LogP) is 1.68. The minimum Gasteiger partial charge on any atom is -0.396 e. The molecule has 1 aliphatic rings. The molecule has 5 nitrogen and oxygen atoms in total. The van der Waals surface area contributed by atoms with Crippen LogP contribution in [0, 0.1) is 5.92 Å². The Hall–Kier alpha value is -1.88. The molecule has 0 radical (unpaired) electrons. The van der Waals surface area contributed by atoms with E-state index in [0.717, 1.165) is 43.0 Å². The lowest BCUT2D eigenvalue weighted by Gasteiger charge is -2.30. The van der Waals surface area contributed by atoms with Gasteiger partial charge in [0.05, 0.1) is 0 Å². The molecular weight excluding hydrogens is 240 g/mol. The maximum Gasteiger partial charge on any atom is 0.225 e. The summed E-state index contributed by atoms with van der Waals surface area (Å²) < 4.78 is 0. The molecule has 0 atom stereocenters. The standard InChI is InChI=1S/C14H18N4O/c19-10-11-2-5-18(6-3-11)14-16-8-13(9-17-14)12-1-4-15-7-12/h1,4,7-9,11,15,19H,2-3,5-6,10H2. The first kappa shape index (κ1) is 12.2. The number of hydrogen-bond acceptors (Lipinski definition) is 4. The van der Waals surface area contributed by atoms with E-state index in [1.807, 2.05) is 30.9 Å². The van der Waals surface area contributed by atoms with Crippen LogP contribution in [0.3, 0.4) is 0 Å². The van der Waals surface area contributed by atoms with Crippen LogP contribution in [0.4, 0.5) is 5.95 Å². The van der Waals surface area contributed by atoms with Crippen molar-refractivity contribution in [1.82, 2.24) is 15.0 Å². The van der Waals surface area contributed by atoms with Gasteiger partial charge >= 0.3 is 0 Å². The normalized spacial score (nSPS) is 16.8. The molecule has 2 N–H and O–H groups in total. The Morgan fingerprint density at radius 1 is 1.21 bits per heavy atom. The number of hydrogen-bond donors (Lipinski definition) is 2. The van der Waals surface area contributed by atoms with Gasteiger partial charge in [-0.15, -0.1) is 0 Å². The number of nitrogens with zero attached hydrogens (tertiary/aromatic N) is 3. The zero-order chi connectivity index (χ0) is 13.1. The molecule has 0 amide bonds. The van der Waals surface area contributed by atoms with Crippen LogP contribution in [0.1, 0.15) is 12.8 Å². The number of aromatic nitrogens is 3. The molecule has 19 heavy (non-hydrogen) atoms. The number of piperidine rings is 1. The first-order valence-electron chi connectivity index (χ1n) is 6.68. The summed E-state index contributed by atoms with van der Waals surface area (Å²) in [6.45, 7) is 2.14. The van der Waals surface area contributed by atoms with E-state index in [1.54, 1.807) is 0 Å². The summed E-state index contributed by atoms with van der Waals surface area (Å²) in [5.41, 5.74) is 2.13. The summed E-state index contributed by atoms with van der Waals surface area (Å²) in [5, 5.41) is 9.14. The van der Waals surface area contributed by atoms with E-state index >= 15 is 0 Å². The fraction of sp³-hybridized carbons (Fsp3) is 0.429. The van der Waals surface area contributed by atoms with E-state index in [2.05, 4.69) is 19.9 Å². The minimum absolute atomic E-state index is 0.293. The molecule has 1 saturated heterocycles. The number of H-pyrrole nitrogens is 1. The molecular formula is C14H18N4O. The van der Waals surface area contributed by atoms with E-state index in [9.17, 15) is 0 Å². The van der Waals surface area contributed by atoms with Crippen LogP contribution in [0.2, 0.25) is 0 Å². The predicted molar refractivity (Wildman–Crippen MR) is 73.8 cm³/mol. The van der Waals surface area contributed by atoms with Crippen LogP contribution in [0.5, 0.6) is 0 Å². The van der Waals surface area contributed by atoms with Crippen molar-refractivity contribution in [2.75, 3.05) is 24.6 Å². The highest BCUT2D eigenvalue weighted by atomic mass is 16.3. The van der Waals surface area contributed by atoms with Gasteiger partial charge in [-0.1, -0.05) is 0 Å². The van der Waals surface area contributed by atoms with E-state index in [4.69, 9.17) is 5.11 Å². The van der Waals surface area contributed by atoms with Crippen molar-refractivity contribution in [3.8, 4) is 11.1 Å². The molecule has 0 bridgehead atoms. The molecule has 100 valence electrons. The molecule has 0 aliphatic carbocycles. The van der Waals surface area contributed by atoms with E-state index in [1.165, 1.54) is 0 Å². The quantitative estimate of drug-likeness (QED) is 0.879. The highest BCUT2D eigenvalue weighted by molar-refractivity contribution is 5.61. The average molecular weight is 258 g/mol. The van der Waals surface area contributed by atoms with Crippen molar-refractivity contribution >= 4 is 5.95 Å². The first-order chi connectivity index (χ1) is 9.36. The Kier molecular flexibility index (Phi) is 3.46. The molecule has 3 rings (SSSR count). The van der Waals surface area contributed by atoms with Crippen LogP contribution in [-0.4, -0.2) is 39.8 Å². The highest BCUT2D eigenvalue weighted by Crippen LogP contribution is 2.22. The number of anilines is 1. The van der Waals surface area contributed by atoms with E-state index in [0.29, 0.717) is 12.5 Å². The summed E-state index contributed by atoms with van der Waals surface area (Å²) in [4.78, 5) is 14.1. The van der Waals surface area contributed by atoms with Gasteiger partial charge in [0, 0.05) is 55.6 Å². The largest absolute Gasteiger partial charge is 0.396 e. The zero-order valence-corrected chi connectivity index (χ0v) is 10.8. The van der Waals surface area contributed by atoms with Crippen molar-refractivity contribution in [1.29, 1.82) is 0 Å². The number of nitrogens with one attached hydrogen (secondary N) is 1. The lowest BCUT2D eigenvalue weighted by atomic mass is 9.98. The van der Waals surface area contributed by atoms with Crippen molar-refractivity contribution in [2.24, 2.45) is 5.92 Å². The summed E-state index contributed by atoms with van der Waals surface area (Å²) in [7, 11) is 0. The number of rotatable bonds is 3. The van der Waals surface area contributed by atoms with Crippen LogP contribution in [0.15, 0.2) is 30.9 Å². The average Bonchev–Trinajstić information content (AvgIpc) is 3.02. The maximum absolute atomic E-state index is 9.14. The second-order valence-electron chi connectivity index (χ2n) is 4.98. The van der Waals surface area contributed by atoms with Gasteiger partial charge in [-0.3, -0.25) is 0 Å². The maximum atomic E-state index is 9.14. The smallest absolute Gasteiger partial charge is 0.225 e. The second kappa shape index (κ2) is 5.40. The number of aromatic amines is 1. The highest BCUT2D eigenvalue weighted by Gasteiger charge is 2.20. The molecule has 2 aromatic rings. The Balaban J connectivity index is 1.70. The topological polar surface area (TPSA) is 65.0 Å². The van der Waals surface area contributed by atoms with Crippen molar-refractivity contribution < 1.29 is 5.11 Å². The third kappa shape index (κ3) is 2.61. The fourth-order valence-electron chi connectivity index (χ4n) is 2.45. The molecule has 0 saturated carbocycles. The van der Waals surface area contributed by atoms with Gasteiger partial charge in [-0.25, -0.2) is 9.97 Å². The summed E-state index contributed by atoms with van der Waals surface area (Å²) in [6.07, 6.45) is 9.58. The number of aliphatic hydroxyl groups is 1. The monoisotopic (exact) mass is 258 g/mol. The second-order valence-corrected chi connectivity index (χ2v) is 4.98. The molecule has 2 aromatic heterocycles. The Morgan fingerprint density at radius 3 is 2.53 bits per heavy atom. The fourth-order valence-corrected chi connectivity index (χ4v) is 2.45. The SMILES string of the molecule is OCC1CCN(c2ncc(-c3cc[nH]c3)cn2)CC1. The van der Waals surface area contributed by atoms with Crippen LogP contribution >= 0.6 is 0 Å². The van der Waals surface area contributed by atoms with Crippen molar-refractivity contribution in [2.45, 2.75) is 12.8 Å². The van der Waals surface area contributed by atoms with Gasteiger partial charge in [0.1, 0.15) is 0 Å². The van der Waals surface area contributed by atoms with E-state index < -0.39 is 0 Å². The van der Waals surface area contributed by atoms with Crippen LogP contribution < -0.4 is 4.90 Å². The van der Waals surface area contributed by atoms with Crippen LogP contribution in [0.25, 0.3) is 11.1 Å². The number of aliphatic hydroxyl groups excluding tert-OH is 1. The van der Waals surface area contributed by atoms with E-state index in [-0.39, 0.29) is 0 Å². The summed E-state index contributed by atoms with van der Waals surface area (Å²) in [5.74, 6) is 1.23. The Labute approximate surface area is 112 Å². The van der Waals surface area contributed by atoms with Gasteiger partial charge < -0.3 is 15.0 Å². The minimum atomic E-state index is 0.293. The Bertz CT molecular complexity index is 501. The van der Waals surface area contributed by atoms with Crippen LogP contribution in [-0.2, 0) is 0 Å². The van der Waals surface area contributed by atoms with Crippen molar-refractivity contribution in [3.63, 3.8) is 0 Å². The van der Waals surface area contributed by atoms with Gasteiger partial charge in [0.2, 0.25) is 5.95 Å². The first-order valence-corrected chi connectivity index (χ1v) is 6.68. The van der Waals surface area contributed by atoms with Gasteiger partial charge in [0.15, 0.2) is 0 Å². The molecule has 0 unspecified atom stereocenters.